The van der Waals surface area contributed by atoms with E-state index >= 15 is 0 Å². The molecule has 0 bridgehead atoms. The molecule has 2 aromatic rings. The number of nitrogens with two attached hydrogens (primary N) is 1. The zero-order chi connectivity index (χ0) is 19.2. The van der Waals surface area contributed by atoms with Gasteiger partial charge < -0.3 is 15.4 Å². The summed E-state index contributed by atoms with van der Waals surface area (Å²) in [6.07, 6.45) is 4.09. The van der Waals surface area contributed by atoms with Crippen molar-refractivity contribution in [2.75, 3.05) is 25.9 Å². The number of carbonyl (C=O) groups excluding carboxylic acids is 1. The number of likely N-dealkylation sites (tertiary alicyclic amines) is 1. The van der Waals surface area contributed by atoms with Crippen LogP contribution in [0.3, 0.4) is 0 Å². The third-order valence-electron chi connectivity index (χ3n) is 5.09. The molecule has 1 saturated heterocycles. The Balaban J connectivity index is 1.67. The number of anilines is 1. The van der Waals surface area contributed by atoms with Gasteiger partial charge in [-0.25, -0.2) is 9.97 Å². The maximum absolute atomic E-state index is 12.1. The highest BCUT2D eigenvalue weighted by Crippen LogP contribution is 2.28. The van der Waals surface area contributed by atoms with Crippen molar-refractivity contribution in [1.29, 1.82) is 0 Å². The van der Waals surface area contributed by atoms with Crippen LogP contribution in [0.4, 0.5) is 5.95 Å². The van der Waals surface area contributed by atoms with Crippen molar-refractivity contribution in [2.45, 2.75) is 44.9 Å². The quantitative estimate of drug-likeness (QED) is 0.847. The van der Waals surface area contributed by atoms with Gasteiger partial charge in [-0.05, 0) is 43.0 Å². The molecule has 0 saturated carbocycles. The monoisotopic (exact) mass is 368 g/mol. The Morgan fingerprint density at radius 3 is 2.56 bits per heavy atom. The average Bonchev–Trinajstić information content (AvgIpc) is 2.68. The summed E-state index contributed by atoms with van der Waals surface area (Å²) in [6, 6.07) is 10.0. The molecular formula is C21H28N4O2. The number of piperidine rings is 1. The fourth-order valence-corrected chi connectivity index (χ4v) is 3.59. The number of ether oxygens (including phenoxy) is 1. The molecule has 1 amide bonds. The van der Waals surface area contributed by atoms with Gasteiger partial charge in [0.15, 0.2) is 0 Å². The van der Waals surface area contributed by atoms with Crippen molar-refractivity contribution in [1.82, 2.24) is 14.9 Å². The minimum atomic E-state index is 0.262. The van der Waals surface area contributed by atoms with E-state index in [1.807, 2.05) is 36.1 Å². The summed E-state index contributed by atoms with van der Waals surface area (Å²) in [4.78, 5) is 22.9. The van der Waals surface area contributed by atoms with Gasteiger partial charge in [0.2, 0.25) is 11.9 Å². The van der Waals surface area contributed by atoms with Crippen molar-refractivity contribution in [2.24, 2.45) is 0 Å². The van der Waals surface area contributed by atoms with Crippen LogP contribution in [0.1, 0.15) is 55.5 Å². The smallest absolute Gasteiger partial charge is 0.222 e. The molecule has 0 spiro atoms. The van der Waals surface area contributed by atoms with E-state index in [4.69, 9.17) is 10.5 Å². The van der Waals surface area contributed by atoms with Gasteiger partial charge in [-0.2, -0.15) is 0 Å². The van der Waals surface area contributed by atoms with E-state index < -0.39 is 0 Å². The summed E-state index contributed by atoms with van der Waals surface area (Å²) in [6.45, 7) is 3.63. The molecule has 1 aliphatic heterocycles. The standard InChI is InChI=1S/C21H28N4O2/c1-3-4-20(26)25-11-9-16(10-12-25)19-14-17(23-21(22)24-19)13-15-5-7-18(27-2)8-6-15/h5-8,14,16H,3-4,9-13H2,1-2H3,(H2,22,23,24). The first-order chi connectivity index (χ1) is 13.1. The van der Waals surface area contributed by atoms with Crippen LogP contribution < -0.4 is 10.5 Å². The summed E-state index contributed by atoms with van der Waals surface area (Å²) in [5.74, 6) is 1.75. The topological polar surface area (TPSA) is 81.3 Å². The van der Waals surface area contributed by atoms with Crippen LogP contribution in [0.2, 0.25) is 0 Å². The van der Waals surface area contributed by atoms with E-state index in [-0.39, 0.29) is 5.91 Å². The molecule has 6 heteroatoms. The van der Waals surface area contributed by atoms with Crippen LogP contribution in [0.25, 0.3) is 0 Å². The number of nitrogen functional groups attached to an aromatic ring is 1. The fraction of sp³-hybridized carbons (Fsp3) is 0.476. The van der Waals surface area contributed by atoms with Gasteiger partial charge in [-0.15, -0.1) is 0 Å². The SMILES string of the molecule is CCCC(=O)N1CCC(c2cc(Cc3ccc(OC)cc3)nc(N)n2)CC1. The highest BCUT2D eigenvalue weighted by Gasteiger charge is 2.24. The van der Waals surface area contributed by atoms with Gasteiger partial charge in [0.05, 0.1) is 12.8 Å². The minimum absolute atomic E-state index is 0.262. The van der Waals surface area contributed by atoms with Crippen LogP contribution >= 0.6 is 0 Å². The summed E-state index contributed by atoms with van der Waals surface area (Å²) >= 11 is 0. The van der Waals surface area contributed by atoms with E-state index in [1.54, 1.807) is 7.11 Å². The molecule has 6 nitrogen and oxygen atoms in total. The van der Waals surface area contributed by atoms with Gasteiger partial charge in [-0.3, -0.25) is 4.79 Å². The van der Waals surface area contributed by atoms with Crippen LogP contribution in [0.5, 0.6) is 5.75 Å². The maximum Gasteiger partial charge on any atom is 0.222 e. The fourth-order valence-electron chi connectivity index (χ4n) is 3.59. The van der Waals surface area contributed by atoms with Crippen molar-refractivity contribution < 1.29 is 9.53 Å². The van der Waals surface area contributed by atoms with Crippen molar-refractivity contribution >= 4 is 11.9 Å². The predicted molar refractivity (Wildman–Crippen MR) is 106 cm³/mol. The third-order valence-corrected chi connectivity index (χ3v) is 5.09. The maximum atomic E-state index is 12.1. The largest absolute Gasteiger partial charge is 0.497 e. The number of hydrogen-bond donors (Lipinski definition) is 1. The van der Waals surface area contributed by atoms with Crippen molar-refractivity contribution in [3.05, 3.63) is 47.3 Å². The van der Waals surface area contributed by atoms with Gasteiger partial charge in [0.1, 0.15) is 5.75 Å². The van der Waals surface area contributed by atoms with Crippen LogP contribution in [0.15, 0.2) is 30.3 Å². The average molecular weight is 368 g/mol. The van der Waals surface area contributed by atoms with Crippen LogP contribution in [-0.4, -0.2) is 41.0 Å². The Morgan fingerprint density at radius 1 is 1.22 bits per heavy atom. The lowest BCUT2D eigenvalue weighted by molar-refractivity contribution is -0.132. The molecule has 27 heavy (non-hydrogen) atoms. The van der Waals surface area contributed by atoms with Crippen molar-refractivity contribution in [3.63, 3.8) is 0 Å². The van der Waals surface area contributed by atoms with E-state index in [0.717, 1.165) is 55.1 Å². The number of methoxy groups -OCH3 is 1. The second-order valence-electron chi connectivity index (χ2n) is 7.07. The first kappa shape index (κ1) is 19.1. The molecule has 1 aromatic carbocycles. The first-order valence-electron chi connectivity index (χ1n) is 9.63. The summed E-state index contributed by atoms with van der Waals surface area (Å²) < 4.78 is 5.20. The molecule has 1 aromatic heterocycles. The third kappa shape index (κ3) is 4.96. The lowest BCUT2D eigenvalue weighted by atomic mass is 9.92. The zero-order valence-corrected chi connectivity index (χ0v) is 16.1. The highest BCUT2D eigenvalue weighted by molar-refractivity contribution is 5.76. The van der Waals surface area contributed by atoms with Gasteiger partial charge >= 0.3 is 0 Å². The molecule has 0 aliphatic carbocycles. The number of nitrogens with zero attached hydrogens (tertiary/aromatic N) is 3. The number of hydrogen-bond acceptors (Lipinski definition) is 5. The molecule has 2 heterocycles. The minimum Gasteiger partial charge on any atom is -0.497 e. The van der Waals surface area contributed by atoms with Crippen LogP contribution in [0, 0.1) is 0 Å². The zero-order valence-electron chi connectivity index (χ0n) is 16.1. The molecule has 2 N–H and O–H groups in total. The van der Waals surface area contributed by atoms with Gasteiger partial charge in [0.25, 0.3) is 0 Å². The number of aromatic nitrogens is 2. The Hall–Kier alpha value is -2.63. The first-order valence-corrected chi connectivity index (χ1v) is 9.63. The molecule has 1 aliphatic rings. The Kier molecular flexibility index (Phi) is 6.27. The van der Waals surface area contributed by atoms with E-state index in [0.29, 0.717) is 24.7 Å². The normalized spacial score (nSPS) is 15.0. The highest BCUT2D eigenvalue weighted by atomic mass is 16.5. The molecule has 144 valence electrons. The van der Waals surface area contributed by atoms with E-state index in [2.05, 4.69) is 16.0 Å². The summed E-state index contributed by atoms with van der Waals surface area (Å²) in [5, 5.41) is 0. The number of rotatable bonds is 6. The van der Waals surface area contributed by atoms with E-state index in [9.17, 15) is 4.79 Å². The lowest BCUT2D eigenvalue weighted by Crippen LogP contribution is -2.37. The van der Waals surface area contributed by atoms with Crippen molar-refractivity contribution in [3.8, 4) is 5.75 Å². The predicted octanol–water partition coefficient (Wildman–Crippen LogP) is 3.16. The van der Waals surface area contributed by atoms with Gasteiger partial charge in [0, 0.05) is 37.5 Å². The molecule has 0 radical (unpaired) electrons. The lowest BCUT2D eigenvalue weighted by Gasteiger charge is -2.32. The second kappa shape index (κ2) is 8.84. The summed E-state index contributed by atoms with van der Waals surface area (Å²) in [7, 11) is 1.66. The molecule has 0 atom stereocenters. The molecule has 0 unspecified atom stereocenters. The Morgan fingerprint density at radius 2 is 1.93 bits per heavy atom. The van der Waals surface area contributed by atoms with Crippen LogP contribution in [-0.2, 0) is 11.2 Å². The number of amides is 1. The number of carbonyl (C=O) groups is 1. The second-order valence-corrected chi connectivity index (χ2v) is 7.07. The van der Waals surface area contributed by atoms with Gasteiger partial charge in [-0.1, -0.05) is 19.1 Å². The molecule has 3 rings (SSSR count). The van der Waals surface area contributed by atoms with E-state index in [1.165, 1.54) is 0 Å². The Labute approximate surface area is 160 Å². The summed E-state index contributed by atoms with van der Waals surface area (Å²) in [5.41, 5.74) is 9.04. The number of benzene rings is 1. The Bertz CT molecular complexity index is 768. The molecule has 1 fully saturated rings. The molecular weight excluding hydrogens is 340 g/mol.